The summed E-state index contributed by atoms with van der Waals surface area (Å²) in [5.41, 5.74) is -0.458. The van der Waals surface area contributed by atoms with Crippen LogP contribution in [0, 0.1) is 12.3 Å². The van der Waals surface area contributed by atoms with Crippen molar-refractivity contribution in [1.29, 1.82) is 0 Å². The van der Waals surface area contributed by atoms with Crippen molar-refractivity contribution in [2.45, 2.75) is 31.3 Å². The first kappa shape index (κ1) is 16.0. The Morgan fingerprint density at radius 3 is 2.79 bits per heavy atom. The van der Waals surface area contributed by atoms with Gasteiger partial charge in [0, 0.05) is 38.1 Å². The van der Waals surface area contributed by atoms with Crippen molar-refractivity contribution in [2.75, 3.05) is 5.32 Å². The first-order valence-electron chi connectivity index (χ1n) is 7.28. The molecule has 8 nitrogen and oxygen atoms in total. The van der Waals surface area contributed by atoms with Gasteiger partial charge in [0.05, 0.1) is 0 Å². The smallest absolute Gasteiger partial charge is 0.301 e. The van der Waals surface area contributed by atoms with Gasteiger partial charge in [0.2, 0.25) is 11.0 Å². The van der Waals surface area contributed by atoms with Crippen LogP contribution >= 0.6 is 11.3 Å². The molecular weight excluding hydrogens is 328 g/mol. The van der Waals surface area contributed by atoms with Gasteiger partial charge in [-0.2, -0.15) is 10.2 Å². The van der Waals surface area contributed by atoms with E-state index in [9.17, 15) is 4.79 Å². The summed E-state index contributed by atoms with van der Waals surface area (Å²) in [5.74, 6) is 2.99. The largest absolute Gasteiger partial charge is 0.430 e. The van der Waals surface area contributed by atoms with E-state index in [0.29, 0.717) is 35.3 Å². The Kier molecular flexibility index (Phi) is 4.77. The molecule has 2 aromatic rings. The molecule has 0 spiro atoms. The summed E-state index contributed by atoms with van der Waals surface area (Å²) in [6.45, 7) is 0. The Bertz CT molecular complexity index is 777. The molecule has 2 aromatic heterocycles. The Labute approximate surface area is 142 Å². The van der Waals surface area contributed by atoms with Gasteiger partial charge in [0.15, 0.2) is 5.66 Å². The molecule has 9 heteroatoms. The maximum atomic E-state index is 12.0. The summed E-state index contributed by atoms with van der Waals surface area (Å²) in [7, 11) is 0. The van der Waals surface area contributed by atoms with Gasteiger partial charge >= 0.3 is 5.19 Å². The molecule has 0 aromatic carbocycles. The van der Waals surface area contributed by atoms with E-state index in [4.69, 9.17) is 11.2 Å². The van der Waals surface area contributed by atoms with Crippen LogP contribution in [-0.2, 0) is 4.79 Å². The molecule has 0 aliphatic carbocycles. The number of pyridine rings is 1. The molecule has 24 heavy (non-hydrogen) atoms. The van der Waals surface area contributed by atoms with E-state index in [1.807, 2.05) is 0 Å². The average molecular weight is 342 g/mol. The maximum Gasteiger partial charge on any atom is 0.301 e. The monoisotopic (exact) mass is 342 g/mol. The highest BCUT2D eigenvalue weighted by Crippen LogP contribution is 2.37. The zero-order chi connectivity index (χ0) is 16.8. The van der Waals surface area contributed by atoms with Crippen LogP contribution in [0.2, 0.25) is 0 Å². The molecule has 0 saturated carbocycles. The zero-order valence-corrected chi connectivity index (χ0v) is 13.5. The summed E-state index contributed by atoms with van der Waals surface area (Å²) in [6.07, 6.45) is 10.6. The molecular formula is C15H14N6O2S. The lowest BCUT2D eigenvalue weighted by molar-refractivity contribution is -0.116. The third kappa shape index (κ3) is 4.33. The quantitative estimate of drug-likeness (QED) is 0.743. The first-order chi connectivity index (χ1) is 11.7. The number of rotatable bonds is 8. The number of hydrogen-bond donors (Lipinski definition) is 1. The van der Waals surface area contributed by atoms with Crippen LogP contribution in [-0.4, -0.2) is 26.8 Å². The fourth-order valence-electron chi connectivity index (χ4n) is 1.97. The van der Waals surface area contributed by atoms with Crippen molar-refractivity contribution in [2.24, 2.45) is 10.2 Å². The highest BCUT2D eigenvalue weighted by molar-refractivity contribution is 7.17. The molecule has 1 aliphatic rings. The highest BCUT2D eigenvalue weighted by Gasteiger charge is 2.39. The van der Waals surface area contributed by atoms with Crippen LogP contribution in [0.3, 0.4) is 0 Å². The van der Waals surface area contributed by atoms with Gasteiger partial charge in [-0.1, -0.05) is 5.10 Å². The van der Waals surface area contributed by atoms with Crippen molar-refractivity contribution in [3.8, 4) is 23.3 Å². The molecule has 0 radical (unpaired) electrons. The first-order valence-corrected chi connectivity index (χ1v) is 8.09. The third-order valence-electron chi connectivity index (χ3n) is 3.31. The van der Waals surface area contributed by atoms with Crippen LogP contribution in [0.1, 0.15) is 25.7 Å². The average Bonchev–Trinajstić information content (AvgIpc) is 3.25. The standard InChI is InChI=1S/C15H14N6O2S/c1-2-3-7-15(20-21-15)8-4-12(22)17-13-18-19-14(24-13)23-11-5-9-16-10-6-11/h1,5-6,9-10H,3-4,7-8H2,(H,17,18,22). The minimum absolute atomic E-state index is 0.168. The second-order valence-corrected chi connectivity index (χ2v) is 6.03. The normalized spacial score (nSPS) is 14.0. The van der Waals surface area contributed by atoms with Gasteiger partial charge < -0.3 is 10.1 Å². The van der Waals surface area contributed by atoms with Crippen LogP contribution in [0.25, 0.3) is 0 Å². The van der Waals surface area contributed by atoms with E-state index in [-0.39, 0.29) is 12.3 Å². The summed E-state index contributed by atoms with van der Waals surface area (Å²) in [6, 6.07) is 3.41. The fourth-order valence-corrected chi connectivity index (χ4v) is 2.60. The Balaban J connectivity index is 1.46. The van der Waals surface area contributed by atoms with E-state index in [1.165, 1.54) is 0 Å². The summed E-state index contributed by atoms with van der Waals surface area (Å²) < 4.78 is 5.51. The molecule has 1 N–H and O–H groups in total. The van der Waals surface area contributed by atoms with E-state index >= 15 is 0 Å². The van der Waals surface area contributed by atoms with Crippen LogP contribution in [0.5, 0.6) is 10.9 Å². The van der Waals surface area contributed by atoms with Gasteiger partial charge in [-0.25, -0.2) is 0 Å². The minimum Gasteiger partial charge on any atom is -0.430 e. The van der Waals surface area contributed by atoms with Gasteiger partial charge in [-0.15, -0.1) is 17.4 Å². The molecule has 1 amide bonds. The lowest BCUT2D eigenvalue weighted by Gasteiger charge is -2.07. The Morgan fingerprint density at radius 2 is 2.08 bits per heavy atom. The second kappa shape index (κ2) is 7.14. The van der Waals surface area contributed by atoms with Crippen molar-refractivity contribution in [3.05, 3.63) is 24.5 Å². The number of anilines is 1. The third-order valence-corrected chi connectivity index (χ3v) is 4.03. The highest BCUT2D eigenvalue weighted by atomic mass is 32.1. The van der Waals surface area contributed by atoms with Crippen LogP contribution in [0.15, 0.2) is 34.8 Å². The lowest BCUT2D eigenvalue weighted by atomic mass is 10.0. The molecule has 1 aliphatic heterocycles. The van der Waals surface area contributed by atoms with E-state index in [1.54, 1.807) is 24.5 Å². The van der Waals surface area contributed by atoms with Crippen molar-refractivity contribution in [1.82, 2.24) is 15.2 Å². The molecule has 0 fully saturated rings. The fraction of sp³-hybridized carbons (Fsp3) is 0.333. The van der Waals surface area contributed by atoms with E-state index in [2.05, 4.69) is 36.6 Å². The molecule has 0 saturated heterocycles. The number of nitrogens with one attached hydrogen (secondary N) is 1. The predicted molar refractivity (Wildman–Crippen MR) is 87.7 cm³/mol. The van der Waals surface area contributed by atoms with Gasteiger partial charge in [0.1, 0.15) is 5.75 Å². The topological polar surface area (TPSA) is 102 Å². The van der Waals surface area contributed by atoms with Crippen LogP contribution < -0.4 is 10.1 Å². The van der Waals surface area contributed by atoms with Gasteiger partial charge in [-0.05, 0) is 23.5 Å². The van der Waals surface area contributed by atoms with Crippen molar-refractivity contribution < 1.29 is 9.53 Å². The molecule has 3 rings (SSSR count). The second-order valence-electron chi connectivity index (χ2n) is 5.09. The predicted octanol–water partition coefficient (Wildman–Crippen LogP) is 3.02. The SMILES string of the molecule is C#CCCC1(CCC(=O)Nc2nnc(Oc3ccncc3)s2)N=N1. The van der Waals surface area contributed by atoms with Crippen molar-refractivity contribution in [3.63, 3.8) is 0 Å². The molecule has 0 atom stereocenters. The maximum absolute atomic E-state index is 12.0. The van der Waals surface area contributed by atoms with E-state index < -0.39 is 5.66 Å². The number of carbonyl (C=O) groups excluding carboxylic acids is 1. The van der Waals surface area contributed by atoms with E-state index in [0.717, 1.165) is 11.3 Å². The number of nitrogens with zero attached hydrogens (tertiary/aromatic N) is 5. The molecule has 3 heterocycles. The number of amides is 1. The molecule has 122 valence electrons. The molecule has 0 unspecified atom stereocenters. The number of hydrogen-bond acceptors (Lipinski definition) is 8. The zero-order valence-electron chi connectivity index (χ0n) is 12.7. The van der Waals surface area contributed by atoms with Gasteiger partial charge in [0.25, 0.3) is 0 Å². The van der Waals surface area contributed by atoms with Gasteiger partial charge in [-0.3, -0.25) is 9.78 Å². The minimum atomic E-state index is -0.458. The summed E-state index contributed by atoms with van der Waals surface area (Å²) >= 11 is 1.15. The van der Waals surface area contributed by atoms with Crippen LogP contribution in [0.4, 0.5) is 5.13 Å². The summed E-state index contributed by atoms with van der Waals surface area (Å²) in [5, 5.41) is 19.2. The molecule has 0 bridgehead atoms. The summed E-state index contributed by atoms with van der Waals surface area (Å²) in [4.78, 5) is 15.9. The number of terminal acetylenes is 1. The lowest BCUT2D eigenvalue weighted by Crippen LogP contribution is -2.17. The number of carbonyl (C=O) groups is 1. The Hall–Kier alpha value is -2.86. The number of ether oxygens (including phenoxy) is 1. The Morgan fingerprint density at radius 1 is 1.29 bits per heavy atom. The van der Waals surface area contributed by atoms with Crippen molar-refractivity contribution >= 4 is 22.4 Å². The number of aromatic nitrogens is 3.